The molecule has 2 N–H and O–H groups in total. The summed E-state index contributed by atoms with van der Waals surface area (Å²) in [5.74, 6) is -1.12. The topological polar surface area (TPSA) is 110 Å². The Bertz CT molecular complexity index is 588. The molecule has 20 heavy (non-hydrogen) atoms. The van der Waals surface area contributed by atoms with Crippen LogP contribution in [-0.4, -0.2) is 30.7 Å². The molecule has 0 radical (unpaired) electrons. The van der Waals surface area contributed by atoms with E-state index in [1.54, 1.807) is 6.92 Å². The van der Waals surface area contributed by atoms with Gasteiger partial charge in [0, 0.05) is 6.04 Å². The molecule has 1 saturated carbocycles. The molecule has 1 aliphatic carbocycles. The van der Waals surface area contributed by atoms with E-state index in [0.29, 0.717) is 31.4 Å². The molecular formula is C12H18N2O5S. The van der Waals surface area contributed by atoms with Crippen LogP contribution in [0, 0.1) is 19.8 Å². The van der Waals surface area contributed by atoms with Gasteiger partial charge in [-0.15, -0.1) is 0 Å². The minimum Gasteiger partial charge on any atom is -0.481 e. The largest absolute Gasteiger partial charge is 0.481 e. The summed E-state index contributed by atoms with van der Waals surface area (Å²) in [5.41, 5.74) is 0.306. The van der Waals surface area contributed by atoms with E-state index in [9.17, 15) is 13.2 Å². The van der Waals surface area contributed by atoms with Gasteiger partial charge in [0.15, 0.2) is 5.76 Å². The Morgan fingerprint density at radius 3 is 2.65 bits per heavy atom. The van der Waals surface area contributed by atoms with E-state index in [2.05, 4.69) is 9.88 Å². The molecule has 1 aromatic heterocycles. The fraction of sp³-hybridized carbons (Fsp3) is 0.667. The number of nitrogens with zero attached hydrogens (tertiary/aromatic N) is 1. The van der Waals surface area contributed by atoms with Gasteiger partial charge in [0.2, 0.25) is 10.0 Å². The normalized spacial score (nSPS) is 23.7. The van der Waals surface area contributed by atoms with Crippen molar-refractivity contribution in [2.45, 2.75) is 50.5 Å². The van der Waals surface area contributed by atoms with Gasteiger partial charge in [0.1, 0.15) is 10.6 Å². The van der Waals surface area contributed by atoms with E-state index in [1.807, 2.05) is 0 Å². The molecule has 0 aromatic carbocycles. The summed E-state index contributed by atoms with van der Waals surface area (Å²) in [5, 5.41) is 12.7. The van der Waals surface area contributed by atoms with Crippen LogP contribution in [0.4, 0.5) is 0 Å². The lowest BCUT2D eigenvalue weighted by atomic mass is 9.86. The molecule has 1 fully saturated rings. The molecule has 0 bridgehead atoms. The Morgan fingerprint density at radius 2 is 2.10 bits per heavy atom. The molecule has 1 heterocycles. The number of sulfonamides is 1. The maximum absolute atomic E-state index is 12.3. The third-order valence-corrected chi connectivity index (χ3v) is 5.35. The molecule has 0 aliphatic heterocycles. The first kappa shape index (κ1) is 15.0. The van der Waals surface area contributed by atoms with Crippen LogP contribution in [-0.2, 0) is 14.8 Å². The number of hydrogen-bond donors (Lipinski definition) is 2. The van der Waals surface area contributed by atoms with Gasteiger partial charge in [-0.2, -0.15) is 0 Å². The van der Waals surface area contributed by atoms with E-state index in [4.69, 9.17) is 9.63 Å². The number of carbonyl (C=O) groups is 1. The number of aromatic nitrogens is 1. The molecule has 1 aromatic rings. The number of rotatable bonds is 4. The molecule has 8 heteroatoms. The van der Waals surface area contributed by atoms with Crippen molar-refractivity contribution < 1.29 is 22.8 Å². The minimum atomic E-state index is -3.73. The van der Waals surface area contributed by atoms with E-state index in [-0.39, 0.29) is 16.7 Å². The van der Waals surface area contributed by atoms with Gasteiger partial charge in [-0.25, -0.2) is 13.1 Å². The molecule has 0 amide bonds. The summed E-state index contributed by atoms with van der Waals surface area (Å²) >= 11 is 0. The van der Waals surface area contributed by atoms with Crippen molar-refractivity contribution in [2.24, 2.45) is 5.92 Å². The first-order valence-corrected chi connectivity index (χ1v) is 7.97. The van der Waals surface area contributed by atoms with Gasteiger partial charge in [-0.1, -0.05) is 11.6 Å². The van der Waals surface area contributed by atoms with Gasteiger partial charge < -0.3 is 9.63 Å². The van der Waals surface area contributed by atoms with Crippen LogP contribution in [0.2, 0.25) is 0 Å². The zero-order valence-electron chi connectivity index (χ0n) is 11.4. The minimum absolute atomic E-state index is 0.0509. The lowest BCUT2D eigenvalue weighted by molar-refractivity contribution is -0.143. The lowest BCUT2D eigenvalue weighted by Crippen LogP contribution is -2.40. The number of hydrogen-bond acceptors (Lipinski definition) is 5. The summed E-state index contributed by atoms with van der Waals surface area (Å²) < 4.78 is 32.1. The Hall–Kier alpha value is -1.41. The summed E-state index contributed by atoms with van der Waals surface area (Å²) in [6.07, 6.45) is 2.26. The van der Waals surface area contributed by atoms with Gasteiger partial charge >= 0.3 is 5.97 Å². The number of aryl methyl sites for hydroxylation is 2. The quantitative estimate of drug-likeness (QED) is 0.865. The second-order valence-corrected chi connectivity index (χ2v) is 6.82. The number of aliphatic carboxylic acids is 1. The highest BCUT2D eigenvalue weighted by molar-refractivity contribution is 7.89. The van der Waals surface area contributed by atoms with E-state index < -0.39 is 21.9 Å². The van der Waals surface area contributed by atoms with Crippen molar-refractivity contribution in [3.63, 3.8) is 0 Å². The fourth-order valence-corrected chi connectivity index (χ4v) is 4.27. The fourth-order valence-electron chi connectivity index (χ4n) is 2.66. The average molecular weight is 302 g/mol. The van der Waals surface area contributed by atoms with Gasteiger partial charge in [-0.05, 0) is 33.1 Å². The predicted octanol–water partition coefficient (Wildman–Crippen LogP) is 1.21. The molecule has 0 spiro atoms. The van der Waals surface area contributed by atoms with Crippen LogP contribution in [0.15, 0.2) is 9.42 Å². The molecule has 1 aliphatic rings. The monoisotopic (exact) mass is 302 g/mol. The third kappa shape index (κ3) is 3.01. The van der Waals surface area contributed by atoms with Crippen LogP contribution < -0.4 is 4.72 Å². The zero-order chi connectivity index (χ0) is 14.9. The number of nitrogens with one attached hydrogen (secondary N) is 1. The number of carboxylic acids is 1. The zero-order valence-corrected chi connectivity index (χ0v) is 12.2. The highest BCUT2D eigenvalue weighted by atomic mass is 32.2. The molecular weight excluding hydrogens is 284 g/mol. The summed E-state index contributed by atoms with van der Waals surface area (Å²) in [6.45, 7) is 3.10. The van der Waals surface area contributed by atoms with Crippen molar-refractivity contribution >= 4 is 16.0 Å². The van der Waals surface area contributed by atoms with Crippen molar-refractivity contribution in [1.29, 1.82) is 0 Å². The van der Waals surface area contributed by atoms with Gasteiger partial charge in [-0.3, -0.25) is 4.79 Å². The van der Waals surface area contributed by atoms with Gasteiger partial charge in [0.05, 0.1) is 5.92 Å². The predicted molar refractivity (Wildman–Crippen MR) is 69.7 cm³/mol. The van der Waals surface area contributed by atoms with E-state index in [0.717, 1.165) is 0 Å². The summed E-state index contributed by atoms with van der Waals surface area (Å²) in [7, 11) is -3.73. The lowest BCUT2D eigenvalue weighted by Gasteiger charge is -2.27. The van der Waals surface area contributed by atoms with E-state index >= 15 is 0 Å². The molecule has 0 saturated heterocycles. The second kappa shape index (κ2) is 5.53. The number of carboxylic acid groups (broad SMARTS) is 1. The molecule has 2 atom stereocenters. The molecule has 112 valence electrons. The Morgan fingerprint density at radius 1 is 1.40 bits per heavy atom. The highest BCUT2D eigenvalue weighted by Crippen LogP contribution is 2.27. The third-order valence-electron chi connectivity index (χ3n) is 3.58. The Labute approximate surface area is 117 Å². The van der Waals surface area contributed by atoms with Crippen LogP contribution >= 0.6 is 0 Å². The summed E-state index contributed by atoms with van der Waals surface area (Å²) in [4.78, 5) is 11.1. The smallest absolute Gasteiger partial charge is 0.306 e. The van der Waals surface area contributed by atoms with Crippen molar-refractivity contribution in [3.05, 3.63) is 11.5 Å². The van der Waals surface area contributed by atoms with Crippen LogP contribution in [0.1, 0.15) is 37.1 Å². The Kier molecular flexibility index (Phi) is 4.14. The Balaban J connectivity index is 2.15. The molecule has 2 unspecified atom stereocenters. The molecule has 7 nitrogen and oxygen atoms in total. The summed E-state index contributed by atoms with van der Waals surface area (Å²) in [6, 6.07) is -0.358. The van der Waals surface area contributed by atoms with Gasteiger partial charge in [0.25, 0.3) is 0 Å². The van der Waals surface area contributed by atoms with Crippen molar-refractivity contribution in [2.75, 3.05) is 0 Å². The maximum atomic E-state index is 12.3. The second-order valence-electron chi connectivity index (χ2n) is 5.17. The van der Waals surface area contributed by atoms with Crippen LogP contribution in [0.25, 0.3) is 0 Å². The SMILES string of the molecule is Cc1noc(C)c1S(=O)(=O)NC1CCCC(C(=O)O)C1. The first-order chi connectivity index (χ1) is 9.31. The average Bonchev–Trinajstić information content (AvgIpc) is 2.69. The first-order valence-electron chi connectivity index (χ1n) is 6.49. The van der Waals surface area contributed by atoms with Crippen LogP contribution in [0.3, 0.4) is 0 Å². The van der Waals surface area contributed by atoms with E-state index in [1.165, 1.54) is 6.92 Å². The van der Waals surface area contributed by atoms with Crippen molar-refractivity contribution in [1.82, 2.24) is 9.88 Å². The maximum Gasteiger partial charge on any atom is 0.306 e. The standard InChI is InChI=1S/C12H18N2O5S/c1-7-11(8(2)19-13-7)20(17,18)14-10-5-3-4-9(6-10)12(15)16/h9-10,14H,3-6H2,1-2H3,(H,15,16). The molecule has 2 rings (SSSR count). The van der Waals surface area contributed by atoms with Crippen LogP contribution in [0.5, 0.6) is 0 Å². The highest BCUT2D eigenvalue weighted by Gasteiger charge is 2.32. The van der Waals surface area contributed by atoms with Crippen molar-refractivity contribution in [3.8, 4) is 0 Å².